The molecule has 1 aromatic rings. The molecule has 0 aliphatic carbocycles. The monoisotopic (exact) mass is 267 g/mol. The first-order chi connectivity index (χ1) is 8.95. The van der Waals surface area contributed by atoms with Gasteiger partial charge in [0.25, 0.3) is 0 Å². The van der Waals surface area contributed by atoms with Crippen LogP contribution in [-0.2, 0) is 4.74 Å². The van der Waals surface area contributed by atoms with E-state index in [1.165, 1.54) is 12.1 Å². The molecule has 1 aromatic carbocycles. The molecule has 0 spiro atoms. The van der Waals surface area contributed by atoms with Gasteiger partial charge in [-0.05, 0) is 39.0 Å². The highest BCUT2D eigenvalue weighted by molar-refractivity contribution is 5.36. The Hall–Kier alpha value is -1.13. The fourth-order valence-corrected chi connectivity index (χ4v) is 2.60. The van der Waals surface area contributed by atoms with Crippen LogP contribution in [0.25, 0.3) is 0 Å². The maximum absolute atomic E-state index is 13.3. The minimum Gasteiger partial charge on any atom is -0.490 e. The van der Waals surface area contributed by atoms with E-state index in [0.717, 1.165) is 12.8 Å². The Balaban J connectivity index is 2.14. The van der Waals surface area contributed by atoms with Crippen LogP contribution in [0.4, 0.5) is 4.39 Å². The number of ether oxygens (including phenoxy) is 2. The third-order valence-electron chi connectivity index (χ3n) is 3.41. The van der Waals surface area contributed by atoms with E-state index in [1.54, 1.807) is 6.07 Å². The predicted octanol–water partition coefficient (Wildman–Crippen LogP) is 3.18. The Morgan fingerprint density at radius 2 is 1.95 bits per heavy atom. The van der Waals surface area contributed by atoms with Crippen molar-refractivity contribution < 1.29 is 13.9 Å². The first-order valence-corrected chi connectivity index (χ1v) is 6.83. The van der Waals surface area contributed by atoms with E-state index in [1.807, 2.05) is 20.8 Å². The van der Waals surface area contributed by atoms with Gasteiger partial charge in [-0.1, -0.05) is 0 Å². The van der Waals surface area contributed by atoms with Gasteiger partial charge in [-0.3, -0.25) is 0 Å². The van der Waals surface area contributed by atoms with Gasteiger partial charge in [0.05, 0.1) is 12.2 Å². The lowest BCUT2D eigenvalue weighted by molar-refractivity contribution is -0.0723. The van der Waals surface area contributed by atoms with Crippen molar-refractivity contribution >= 4 is 0 Å². The molecule has 1 fully saturated rings. The Morgan fingerprint density at radius 1 is 1.32 bits per heavy atom. The molecule has 2 rings (SSSR count). The molecule has 1 heterocycles. The summed E-state index contributed by atoms with van der Waals surface area (Å²) in [5.74, 6) is 0.399. The molecule has 3 unspecified atom stereocenters. The Bertz CT molecular complexity index is 426. The van der Waals surface area contributed by atoms with Crippen LogP contribution in [-0.4, -0.2) is 18.3 Å². The van der Waals surface area contributed by atoms with Crippen molar-refractivity contribution in [1.29, 1.82) is 0 Å². The van der Waals surface area contributed by atoms with Gasteiger partial charge in [0.1, 0.15) is 17.7 Å². The first kappa shape index (κ1) is 14.3. The molecule has 4 heteroatoms. The van der Waals surface area contributed by atoms with Crippen molar-refractivity contribution in [3.05, 3.63) is 29.6 Å². The second-order valence-corrected chi connectivity index (χ2v) is 5.44. The molecule has 3 atom stereocenters. The Kier molecular flexibility index (Phi) is 4.42. The number of nitrogens with two attached hydrogens (primary N) is 1. The van der Waals surface area contributed by atoms with Gasteiger partial charge in [0, 0.05) is 24.4 Å². The van der Waals surface area contributed by atoms with E-state index in [4.69, 9.17) is 15.2 Å². The summed E-state index contributed by atoms with van der Waals surface area (Å²) in [5.41, 5.74) is 6.59. The molecule has 106 valence electrons. The van der Waals surface area contributed by atoms with E-state index in [2.05, 4.69) is 0 Å². The van der Waals surface area contributed by atoms with Crippen molar-refractivity contribution in [2.75, 3.05) is 0 Å². The third kappa shape index (κ3) is 3.67. The van der Waals surface area contributed by atoms with Crippen molar-refractivity contribution in [3.8, 4) is 5.75 Å². The van der Waals surface area contributed by atoms with Crippen LogP contribution in [0.2, 0.25) is 0 Å². The fraction of sp³-hybridized carbons (Fsp3) is 0.600. The zero-order valence-corrected chi connectivity index (χ0v) is 11.7. The topological polar surface area (TPSA) is 44.5 Å². The molecule has 2 N–H and O–H groups in total. The van der Waals surface area contributed by atoms with Crippen LogP contribution in [0.3, 0.4) is 0 Å². The molecule has 0 bridgehead atoms. The Labute approximate surface area is 113 Å². The molecule has 1 aliphatic rings. The van der Waals surface area contributed by atoms with Crippen molar-refractivity contribution in [2.45, 2.75) is 58.0 Å². The molecular formula is C15H22FNO2. The van der Waals surface area contributed by atoms with Gasteiger partial charge in [-0.25, -0.2) is 4.39 Å². The first-order valence-electron chi connectivity index (χ1n) is 6.83. The quantitative estimate of drug-likeness (QED) is 0.914. The van der Waals surface area contributed by atoms with Crippen LogP contribution in [0.5, 0.6) is 5.75 Å². The summed E-state index contributed by atoms with van der Waals surface area (Å²) in [7, 11) is 0. The van der Waals surface area contributed by atoms with E-state index >= 15 is 0 Å². The zero-order chi connectivity index (χ0) is 14.0. The normalized spacial score (nSPS) is 29.0. The van der Waals surface area contributed by atoms with E-state index in [-0.39, 0.29) is 30.2 Å². The van der Waals surface area contributed by atoms with Crippen LogP contribution in [0, 0.1) is 5.82 Å². The minimum atomic E-state index is -0.284. The van der Waals surface area contributed by atoms with Gasteiger partial charge in [0.2, 0.25) is 0 Å². The van der Waals surface area contributed by atoms with Gasteiger partial charge < -0.3 is 15.2 Å². The molecule has 0 radical (unpaired) electrons. The van der Waals surface area contributed by atoms with Crippen molar-refractivity contribution in [1.82, 2.24) is 0 Å². The molecule has 0 aromatic heterocycles. The lowest BCUT2D eigenvalue weighted by Crippen LogP contribution is -2.36. The van der Waals surface area contributed by atoms with Crippen molar-refractivity contribution in [3.63, 3.8) is 0 Å². The van der Waals surface area contributed by atoms with Gasteiger partial charge in [-0.2, -0.15) is 0 Å². The van der Waals surface area contributed by atoms with E-state index in [0.29, 0.717) is 11.3 Å². The van der Waals surface area contributed by atoms with Gasteiger partial charge in [0.15, 0.2) is 0 Å². The molecule has 1 aliphatic heterocycles. The zero-order valence-electron chi connectivity index (χ0n) is 11.7. The number of hydrogen-bond donors (Lipinski definition) is 1. The molecular weight excluding hydrogens is 245 g/mol. The summed E-state index contributed by atoms with van der Waals surface area (Å²) in [4.78, 5) is 0. The molecule has 1 saturated heterocycles. The Morgan fingerprint density at radius 3 is 2.53 bits per heavy atom. The summed E-state index contributed by atoms with van der Waals surface area (Å²) in [5, 5.41) is 0. The highest BCUT2D eigenvalue weighted by Gasteiger charge is 2.26. The lowest BCUT2D eigenvalue weighted by atomic mass is 10.0. The summed E-state index contributed by atoms with van der Waals surface area (Å²) >= 11 is 0. The maximum atomic E-state index is 13.3. The minimum absolute atomic E-state index is 0.0988. The lowest BCUT2D eigenvalue weighted by Gasteiger charge is -2.33. The summed E-state index contributed by atoms with van der Waals surface area (Å²) in [6.07, 6.45) is 2.17. The number of rotatable bonds is 3. The van der Waals surface area contributed by atoms with E-state index < -0.39 is 0 Å². The number of hydrogen-bond acceptors (Lipinski definition) is 3. The second-order valence-electron chi connectivity index (χ2n) is 5.44. The van der Waals surface area contributed by atoms with Crippen LogP contribution >= 0.6 is 0 Å². The smallest absolute Gasteiger partial charge is 0.124 e. The average molecular weight is 267 g/mol. The highest BCUT2D eigenvalue weighted by Crippen LogP contribution is 2.29. The summed E-state index contributed by atoms with van der Waals surface area (Å²) in [6.45, 7) is 5.92. The van der Waals surface area contributed by atoms with E-state index in [9.17, 15) is 4.39 Å². The third-order valence-corrected chi connectivity index (χ3v) is 3.41. The standard InChI is InChI=1S/C15H22FNO2/c1-9-6-13(7-10(2)18-9)19-15-5-4-12(16)8-14(15)11(3)17/h4-5,8-11,13H,6-7,17H2,1-3H3. The van der Waals surface area contributed by atoms with Crippen LogP contribution in [0.1, 0.15) is 45.2 Å². The van der Waals surface area contributed by atoms with Gasteiger partial charge in [-0.15, -0.1) is 0 Å². The molecule has 0 amide bonds. The predicted molar refractivity (Wildman–Crippen MR) is 72.7 cm³/mol. The van der Waals surface area contributed by atoms with Gasteiger partial charge >= 0.3 is 0 Å². The molecule has 3 nitrogen and oxygen atoms in total. The SMILES string of the molecule is CC1CC(Oc2ccc(F)cc2C(C)N)CC(C)O1. The number of halogens is 1. The molecule has 19 heavy (non-hydrogen) atoms. The molecule has 0 saturated carbocycles. The maximum Gasteiger partial charge on any atom is 0.124 e. The summed E-state index contributed by atoms with van der Waals surface area (Å²) < 4.78 is 25.0. The second kappa shape index (κ2) is 5.88. The fourth-order valence-electron chi connectivity index (χ4n) is 2.60. The summed E-state index contributed by atoms with van der Waals surface area (Å²) in [6, 6.07) is 4.28. The van der Waals surface area contributed by atoms with Crippen molar-refractivity contribution in [2.24, 2.45) is 5.73 Å². The highest BCUT2D eigenvalue weighted by atomic mass is 19.1. The average Bonchev–Trinajstić information content (AvgIpc) is 2.30. The largest absolute Gasteiger partial charge is 0.490 e. The van der Waals surface area contributed by atoms with Crippen LogP contribution in [0.15, 0.2) is 18.2 Å². The number of benzene rings is 1. The van der Waals surface area contributed by atoms with Crippen LogP contribution < -0.4 is 10.5 Å².